The Morgan fingerprint density at radius 1 is 1.00 bits per heavy atom. The standard InChI is InChI=1S/C16H11ClFNO3S/c17-12-9-14(10-5-1-2-6-11(10)16(12)20)19-23(21,22)15-8-4-3-7-13(15)18/h1-9,19-20H. The fourth-order valence-corrected chi connectivity index (χ4v) is 3.63. The topological polar surface area (TPSA) is 66.4 Å². The van der Waals surface area contributed by atoms with E-state index < -0.39 is 20.7 Å². The lowest BCUT2D eigenvalue weighted by Gasteiger charge is -2.13. The summed E-state index contributed by atoms with van der Waals surface area (Å²) in [6, 6.07) is 13.0. The second kappa shape index (κ2) is 5.72. The Balaban J connectivity index is 2.16. The maximum atomic E-state index is 13.8. The molecule has 0 bridgehead atoms. The molecule has 3 aromatic rings. The van der Waals surface area contributed by atoms with E-state index in [1.54, 1.807) is 24.3 Å². The highest BCUT2D eigenvalue weighted by Gasteiger charge is 2.20. The molecule has 4 nitrogen and oxygen atoms in total. The summed E-state index contributed by atoms with van der Waals surface area (Å²) in [5, 5.41) is 10.8. The van der Waals surface area contributed by atoms with E-state index in [0.717, 1.165) is 6.07 Å². The van der Waals surface area contributed by atoms with Crippen molar-refractivity contribution in [2.75, 3.05) is 4.72 Å². The molecule has 0 amide bonds. The normalized spacial score (nSPS) is 11.6. The molecule has 0 saturated heterocycles. The number of halogens is 2. The third kappa shape index (κ3) is 2.83. The van der Waals surface area contributed by atoms with Gasteiger partial charge in [0.2, 0.25) is 0 Å². The minimum atomic E-state index is -4.13. The van der Waals surface area contributed by atoms with Crippen molar-refractivity contribution in [2.45, 2.75) is 4.90 Å². The zero-order chi connectivity index (χ0) is 16.6. The van der Waals surface area contributed by atoms with Crippen molar-refractivity contribution >= 4 is 38.1 Å². The first-order valence-electron chi connectivity index (χ1n) is 6.58. The minimum absolute atomic E-state index is 0.00469. The average Bonchev–Trinajstić information content (AvgIpc) is 2.52. The zero-order valence-electron chi connectivity index (χ0n) is 11.6. The van der Waals surface area contributed by atoms with E-state index in [1.165, 1.54) is 24.3 Å². The Labute approximate surface area is 137 Å². The van der Waals surface area contributed by atoms with Crippen LogP contribution >= 0.6 is 11.6 Å². The van der Waals surface area contributed by atoms with Crippen LogP contribution in [0.15, 0.2) is 59.5 Å². The Morgan fingerprint density at radius 2 is 1.61 bits per heavy atom. The van der Waals surface area contributed by atoms with Gasteiger partial charge < -0.3 is 5.11 Å². The van der Waals surface area contributed by atoms with Gasteiger partial charge in [0, 0.05) is 10.8 Å². The maximum absolute atomic E-state index is 13.8. The van der Waals surface area contributed by atoms with Gasteiger partial charge in [-0.2, -0.15) is 0 Å². The van der Waals surface area contributed by atoms with Crippen molar-refractivity contribution in [1.82, 2.24) is 0 Å². The van der Waals surface area contributed by atoms with Crippen molar-refractivity contribution in [2.24, 2.45) is 0 Å². The van der Waals surface area contributed by atoms with Crippen LogP contribution in [0.25, 0.3) is 10.8 Å². The molecule has 3 rings (SSSR count). The number of anilines is 1. The van der Waals surface area contributed by atoms with Gasteiger partial charge in [-0.05, 0) is 18.2 Å². The van der Waals surface area contributed by atoms with Gasteiger partial charge in [0.1, 0.15) is 16.5 Å². The lowest BCUT2D eigenvalue weighted by Crippen LogP contribution is -2.14. The summed E-state index contributed by atoms with van der Waals surface area (Å²) >= 11 is 5.94. The van der Waals surface area contributed by atoms with E-state index in [1.807, 2.05) is 0 Å². The van der Waals surface area contributed by atoms with Crippen LogP contribution in [0, 0.1) is 5.82 Å². The molecule has 0 unspecified atom stereocenters. The summed E-state index contributed by atoms with van der Waals surface area (Å²) in [5.41, 5.74) is 0.159. The predicted molar refractivity (Wildman–Crippen MR) is 87.8 cm³/mol. The second-order valence-corrected chi connectivity index (χ2v) is 6.89. The average molecular weight is 352 g/mol. The van der Waals surface area contributed by atoms with Crippen molar-refractivity contribution in [3.05, 3.63) is 65.4 Å². The molecular formula is C16H11ClFNO3S. The summed E-state index contributed by atoms with van der Waals surface area (Å²) in [5.74, 6) is -0.995. The molecule has 7 heteroatoms. The lowest BCUT2D eigenvalue weighted by atomic mass is 10.1. The summed E-state index contributed by atoms with van der Waals surface area (Å²) in [6.07, 6.45) is 0. The van der Waals surface area contributed by atoms with Gasteiger partial charge in [0.05, 0.1) is 10.7 Å². The Bertz CT molecular complexity index is 1010. The number of nitrogens with one attached hydrogen (secondary N) is 1. The van der Waals surface area contributed by atoms with E-state index >= 15 is 0 Å². The SMILES string of the molecule is O=S(=O)(Nc1cc(Cl)c(O)c2ccccc12)c1ccccc1F. The van der Waals surface area contributed by atoms with Crippen LogP contribution in [-0.2, 0) is 10.0 Å². The molecule has 0 saturated carbocycles. The van der Waals surface area contributed by atoms with Crippen molar-refractivity contribution < 1.29 is 17.9 Å². The van der Waals surface area contributed by atoms with E-state index in [4.69, 9.17) is 11.6 Å². The smallest absolute Gasteiger partial charge is 0.264 e. The number of phenolic OH excluding ortho intramolecular Hbond substituents is 1. The highest BCUT2D eigenvalue weighted by molar-refractivity contribution is 7.92. The largest absolute Gasteiger partial charge is 0.506 e. The highest BCUT2D eigenvalue weighted by atomic mass is 35.5. The van der Waals surface area contributed by atoms with Gasteiger partial charge in [-0.1, -0.05) is 48.0 Å². The molecule has 0 spiro atoms. The summed E-state index contributed by atoms with van der Waals surface area (Å²) in [4.78, 5) is -0.465. The van der Waals surface area contributed by atoms with E-state index in [0.29, 0.717) is 10.8 Å². The first-order valence-corrected chi connectivity index (χ1v) is 8.44. The van der Waals surface area contributed by atoms with Gasteiger partial charge >= 0.3 is 0 Å². The van der Waals surface area contributed by atoms with E-state index in [9.17, 15) is 17.9 Å². The van der Waals surface area contributed by atoms with Gasteiger partial charge in [0.25, 0.3) is 10.0 Å². The first-order chi connectivity index (χ1) is 10.9. The van der Waals surface area contributed by atoms with E-state index in [2.05, 4.69) is 4.72 Å². The number of hydrogen-bond acceptors (Lipinski definition) is 3. The first kappa shape index (κ1) is 15.6. The number of benzene rings is 3. The Morgan fingerprint density at radius 3 is 2.30 bits per heavy atom. The second-order valence-electron chi connectivity index (χ2n) is 4.84. The number of hydrogen-bond donors (Lipinski definition) is 2. The summed E-state index contributed by atoms with van der Waals surface area (Å²) in [6.45, 7) is 0. The molecule has 2 N–H and O–H groups in total. The Hall–Kier alpha value is -2.31. The minimum Gasteiger partial charge on any atom is -0.506 e. The Kier molecular flexibility index (Phi) is 3.87. The molecule has 0 heterocycles. The molecule has 0 aliphatic carbocycles. The van der Waals surface area contributed by atoms with Crippen LogP contribution in [0.3, 0.4) is 0 Å². The molecule has 0 fully saturated rings. The molecule has 0 aliphatic rings. The number of phenols is 1. The molecule has 0 aliphatic heterocycles. The maximum Gasteiger partial charge on any atom is 0.264 e. The third-order valence-electron chi connectivity index (χ3n) is 3.34. The fraction of sp³-hybridized carbons (Fsp3) is 0. The molecule has 23 heavy (non-hydrogen) atoms. The van der Waals surface area contributed by atoms with E-state index in [-0.39, 0.29) is 16.5 Å². The monoisotopic (exact) mass is 351 g/mol. The molecule has 0 radical (unpaired) electrons. The van der Waals surface area contributed by atoms with Gasteiger partial charge in [-0.15, -0.1) is 0 Å². The summed E-state index contributed by atoms with van der Waals surface area (Å²) in [7, 11) is -4.13. The molecule has 0 atom stereocenters. The fourth-order valence-electron chi connectivity index (χ4n) is 2.27. The lowest BCUT2D eigenvalue weighted by molar-refractivity contribution is 0.482. The van der Waals surface area contributed by atoms with Crippen LogP contribution in [-0.4, -0.2) is 13.5 Å². The van der Waals surface area contributed by atoms with Crippen molar-refractivity contribution in [3.8, 4) is 5.75 Å². The number of fused-ring (bicyclic) bond motifs is 1. The molecular weight excluding hydrogens is 341 g/mol. The quantitative estimate of drug-likeness (QED) is 0.697. The highest BCUT2D eigenvalue weighted by Crippen LogP contribution is 2.38. The number of aromatic hydroxyl groups is 1. The summed E-state index contributed by atoms with van der Waals surface area (Å²) < 4.78 is 40.9. The predicted octanol–water partition coefficient (Wildman–Crippen LogP) is 4.14. The van der Waals surface area contributed by atoms with Crippen LogP contribution in [0.2, 0.25) is 5.02 Å². The third-order valence-corrected chi connectivity index (χ3v) is 5.03. The number of sulfonamides is 1. The van der Waals surface area contributed by atoms with Gasteiger partial charge in [-0.25, -0.2) is 12.8 Å². The van der Waals surface area contributed by atoms with Gasteiger partial charge in [-0.3, -0.25) is 4.72 Å². The van der Waals surface area contributed by atoms with Crippen LogP contribution < -0.4 is 4.72 Å². The molecule has 3 aromatic carbocycles. The number of rotatable bonds is 3. The van der Waals surface area contributed by atoms with Crippen LogP contribution in [0.5, 0.6) is 5.75 Å². The van der Waals surface area contributed by atoms with Crippen LogP contribution in [0.1, 0.15) is 0 Å². The van der Waals surface area contributed by atoms with Crippen LogP contribution in [0.4, 0.5) is 10.1 Å². The zero-order valence-corrected chi connectivity index (χ0v) is 13.2. The molecule has 0 aromatic heterocycles. The van der Waals surface area contributed by atoms with Crippen molar-refractivity contribution in [3.63, 3.8) is 0 Å². The molecule has 118 valence electrons. The van der Waals surface area contributed by atoms with Crippen molar-refractivity contribution in [1.29, 1.82) is 0 Å². The van der Waals surface area contributed by atoms with Gasteiger partial charge in [0.15, 0.2) is 0 Å².